The Kier molecular flexibility index (Phi) is 4.66. The molecular formula is C15H23N3O. The number of nitrogens with one attached hydrogen (secondary N) is 1. The fourth-order valence-electron chi connectivity index (χ4n) is 2.74. The van der Waals surface area contributed by atoms with Crippen molar-refractivity contribution in [3.63, 3.8) is 0 Å². The molecule has 2 rings (SSSR count). The molecule has 0 aromatic heterocycles. The quantitative estimate of drug-likeness (QED) is 0.630. The van der Waals surface area contributed by atoms with Gasteiger partial charge in [0.05, 0.1) is 6.54 Å². The minimum atomic E-state index is 0.0109. The van der Waals surface area contributed by atoms with E-state index in [4.69, 9.17) is 0 Å². The summed E-state index contributed by atoms with van der Waals surface area (Å²) in [7, 11) is 0. The summed E-state index contributed by atoms with van der Waals surface area (Å²) < 4.78 is 0. The van der Waals surface area contributed by atoms with Gasteiger partial charge in [-0.2, -0.15) is 4.91 Å². The maximum absolute atomic E-state index is 10.1. The molecule has 0 fully saturated rings. The first-order valence-electron chi connectivity index (χ1n) is 6.94. The monoisotopic (exact) mass is 261 g/mol. The van der Waals surface area contributed by atoms with Crippen molar-refractivity contribution in [3.8, 4) is 0 Å². The van der Waals surface area contributed by atoms with E-state index in [0.29, 0.717) is 13.1 Å². The van der Waals surface area contributed by atoms with E-state index in [-0.39, 0.29) is 5.54 Å². The van der Waals surface area contributed by atoms with Crippen molar-refractivity contribution in [2.24, 2.45) is 5.18 Å². The molecule has 1 aromatic carbocycles. The lowest BCUT2D eigenvalue weighted by atomic mass is 9.97. The fraction of sp³-hybridized carbons (Fsp3) is 0.600. The number of hydrogen-bond donors (Lipinski definition) is 1. The summed E-state index contributed by atoms with van der Waals surface area (Å²) in [5.74, 6) is 0. The van der Waals surface area contributed by atoms with Crippen molar-refractivity contribution in [1.29, 1.82) is 0 Å². The fourth-order valence-corrected chi connectivity index (χ4v) is 2.74. The second-order valence-corrected chi connectivity index (χ2v) is 5.89. The molecule has 1 aliphatic rings. The second-order valence-electron chi connectivity index (χ2n) is 5.89. The van der Waals surface area contributed by atoms with Crippen molar-refractivity contribution in [3.05, 3.63) is 40.3 Å². The average Bonchev–Trinajstić information content (AvgIpc) is 2.38. The van der Waals surface area contributed by atoms with Crippen LogP contribution in [0.5, 0.6) is 0 Å². The Bertz CT molecular complexity index is 431. The van der Waals surface area contributed by atoms with Gasteiger partial charge < -0.3 is 5.32 Å². The minimum absolute atomic E-state index is 0.0109. The van der Waals surface area contributed by atoms with Crippen molar-refractivity contribution < 1.29 is 0 Å². The van der Waals surface area contributed by atoms with E-state index >= 15 is 0 Å². The molecule has 0 spiro atoms. The normalized spacial score (nSPS) is 16.1. The van der Waals surface area contributed by atoms with Crippen LogP contribution in [0.1, 0.15) is 25.0 Å². The molecule has 0 bridgehead atoms. The number of rotatable bonds is 6. The summed E-state index contributed by atoms with van der Waals surface area (Å²) in [6, 6.07) is 8.68. The predicted octanol–water partition coefficient (Wildman–Crippen LogP) is 2.18. The number of benzene rings is 1. The molecule has 0 radical (unpaired) electrons. The Balaban J connectivity index is 1.89. The van der Waals surface area contributed by atoms with E-state index in [2.05, 4.69) is 53.5 Å². The zero-order valence-corrected chi connectivity index (χ0v) is 11.9. The molecule has 4 nitrogen and oxygen atoms in total. The first kappa shape index (κ1) is 14.2. The van der Waals surface area contributed by atoms with Gasteiger partial charge in [-0.3, -0.25) is 4.90 Å². The third-order valence-corrected chi connectivity index (χ3v) is 3.64. The molecule has 19 heavy (non-hydrogen) atoms. The first-order valence-corrected chi connectivity index (χ1v) is 6.94. The topological polar surface area (TPSA) is 44.7 Å². The van der Waals surface area contributed by atoms with Gasteiger partial charge in [-0.05, 0) is 31.4 Å². The molecule has 104 valence electrons. The van der Waals surface area contributed by atoms with Crippen molar-refractivity contribution in [2.45, 2.75) is 32.4 Å². The van der Waals surface area contributed by atoms with Gasteiger partial charge in [-0.15, -0.1) is 0 Å². The van der Waals surface area contributed by atoms with Gasteiger partial charge in [0, 0.05) is 31.7 Å². The van der Waals surface area contributed by atoms with Crippen LogP contribution in [0.3, 0.4) is 0 Å². The third kappa shape index (κ3) is 4.11. The van der Waals surface area contributed by atoms with E-state index in [1.54, 1.807) is 0 Å². The summed E-state index contributed by atoms with van der Waals surface area (Å²) >= 11 is 0. The predicted molar refractivity (Wildman–Crippen MR) is 78.2 cm³/mol. The van der Waals surface area contributed by atoms with Crippen molar-refractivity contribution >= 4 is 0 Å². The van der Waals surface area contributed by atoms with Crippen LogP contribution in [-0.4, -0.2) is 36.6 Å². The Labute approximate surface area is 115 Å². The molecule has 0 amide bonds. The number of fused-ring (bicyclic) bond motifs is 1. The molecule has 0 unspecified atom stereocenters. The van der Waals surface area contributed by atoms with Crippen LogP contribution in [0.25, 0.3) is 0 Å². The standard InChI is InChI=1S/C15H23N3O/c1-15(2,16-8-9-17-19)12-18-10-7-13-5-3-4-6-14(13)11-18/h3-6,16H,7-12H2,1-2H3. The minimum Gasteiger partial charge on any atom is -0.309 e. The average molecular weight is 261 g/mol. The zero-order valence-electron chi connectivity index (χ0n) is 11.9. The lowest BCUT2D eigenvalue weighted by Crippen LogP contribution is -2.50. The Morgan fingerprint density at radius 2 is 2.05 bits per heavy atom. The molecule has 0 aliphatic carbocycles. The van der Waals surface area contributed by atoms with Crippen molar-refractivity contribution in [2.75, 3.05) is 26.2 Å². The Morgan fingerprint density at radius 3 is 2.79 bits per heavy atom. The van der Waals surface area contributed by atoms with Crippen LogP contribution in [0.15, 0.2) is 29.4 Å². The molecule has 0 saturated carbocycles. The SMILES string of the molecule is CC(C)(CN1CCc2ccccc2C1)NCCN=O. The van der Waals surface area contributed by atoms with Gasteiger partial charge in [-0.25, -0.2) is 0 Å². The highest BCUT2D eigenvalue weighted by Crippen LogP contribution is 2.20. The van der Waals surface area contributed by atoms with E-state index in [9.17, 15) is 4.91 Å². The van der Waals surface area contributed by atoms with Crippen LogP contribution in [-0.2, 0) is 13.0 Å². The van der Waals surface area contributed by atoms with Gasteiger partial charge >= 0.3 is 0 Å². The lowest BCUT2D eigenvalue weighted by molar-refractivity contribution is 0.187. The number of nitroso groups, excluding NO2 is 1. The Hall–Kier alpha value is -1.26. The van der Waals surface area contributed by atoms with E-state index in [1.165, 1.54) is 11.1 Å². The summed E-state index contributed by atoms with van der Waals surface area (Å²) in [4.78, 5) is 12.6. The molecule has 0 atom stereocenters. The van der Waals surface area contributed by atoms with Gasteiger partial charge in [0.2, 0.25) is 0 Å². The summed E-state index contributed by atoms with van der Waals surface area (Å²) in [6.45, 7) is 8.46. The van der Waals surface area contributed by atoms with Gasteiger partial charge in [0.15, 0.2) is 0 Å². The number of nitrogens with zero attached hydrogens (tertiary/aromatic N) is 2. The van der Waals surface area contributed by atoms with E-state index in [0.717, 1.165) is 26.1 Å². The number of hydrogen-bond acceptors (Lipinski definition) is 4. The lowest BCUT2D eigenvalue weighted by Gasteiger charge is -2.36. The van der Waals surface area contributed by atoms with Crippen LogP contribution < -0.4 is 5.32 Å². The van der Waals surface area contributed by atoms with Crippen molar-refractivity contribution in [1.82, 2.24) is 10.2 Å². The highest BCUT2D eigenvalue weighted by atomic mass is 16.3. The second kappa shape index (κ2) is 6.26. The maximum atomic E-state index is 10.1. The van der Waals surface area contributed by atoms with Gasteiger partial charge in [-0.1, -0.05) is 29.4 Å². The van der Waals surface area contributed by atoms with E-state index in [1.807, 2.05) is 0 Å². The molecular weight excluding hydrogens is 238 g/mol. The highest BCUT2D eigenvalue weighted by molar-refractivity contribution is 5.29. The summed E-state index contributed by atoms with van der Waals surface area (Å²) in [6.07, 6.45) is 1.13. The Morgan fingerprint density at radius 1 is 1.32 bits per heavy atom. The van der Waals surface area contributed by atoms with Gasteiger partial charge in [0.1, 0.15) is 0 Å². The third-order valence-electron chi connectivity index (χ3n) is 3.64. The van der Waals surface area contributed by atoms with Crippen LogP contribution in [0.2, 0.25) is 0 Å². The highest BCUT2D eigenvalue weighted by Gasteiger charge is 2.23. The molecule has 1 N–H and O–H groups in total. The van der Waals surface area contributed by atoms with Crippen LogP contribution in [0.4, 0.5) is 0 Å². The van der Waals surface area contributed by atoms with Gasteiger partial charge in [0.25, 0.3) is 0 Å². The summed E-state index contributed by atoms with van der Waals surface area (Å²) in [5, 5.41) is 6.28. The molecule has 4 heteroatoms. The molecule has 0 saturated heterocycles. The van der Waals surface area contributed by atoms with E-state index < -0.39 is 0 Å². The maximum Gasteiger partial charge on any atom is 0.0935 e. The summed E-state index contributed by atoms with van der Waals surface area (Å²) in [5.41, 5.74) is 2.94. The largest absolute Gasteiger partial charge is 0.309 e. The van der Waals surface area contributed by atoms with Crippen LogP contribution >= 0.6 is 0 Å². The first-order chi connectivity index (χ1) is 9.11. The molecule has 1 heterocycles. The molecule has 1 aromatic rings. The zero-order chi connectivity index (χ0) is 13.7. The van der Waals surface area contributed by atoms with Crippen LogP contribution in [0, 0.1) is 4.91 Å². The smallest absolute Gasteiger partial charge is 0.0935 e. The molecule has 1 aliphatic heterocycles.